The van der Waals surface area contributed by atoms with Crippen LogP contribution in [0.5, 0.6) is 0 Å². The van der Waals surface area contributed by atoms with Crippen molar-refractivity contribution < 1.29 is 4.79 Å². The summed E-state index contributed by atoms with van der Waals surface area (Å²) in [7, 11) is 0. The third-order valence-electron chi connectivity index (χ3n) is 2.15. The minimum absolute atomic E-state index is 0.0784. The predicted molar refractivity (Wildman–Crippen MR) is 67.9 cm³/mol. The Morgan fingerprint density at radius 3 is 2.19 bits per heavy atom. The average molecular weight is 261 g/mol. The Hall–Kier alpha value is -0.770. The van der Waals surface area contributed by atoms with Gasteiger partial charge in [-0.2, -0.15) is 0 Å². The summed E-state index contributed by atoms with van der Waals surface area (Å²) in [5.41, 5.74) is 6.26. The molecule has 1 aromatic rings. The van der Waals surface area contributed by atoms with Crippen LogP contribution in [0.25, 0.3) is 0 Å². The Morgan fingerprint density at radius 1 is 1.25 bits per heavy atom. The third-order valence-corrected chi connectivity index (χ3v) is 2.59. The fourth-order valence-corrected chi connectivity index (χ4v) is 1.68. The van der Waals surface area contributed by atoms with Gasteiger partial charge >= 0.3 is 0 Å². The van der Waals surface area contributed by atoms with E-state index in [0.717, 1.165) is 0 Å². The Kier molecular flexibility index (Phi) is 4.59. The minimum Gasteiger partial charge on any atom is -0.325 e. The van der Waals surface area contributed by atoms with Crippen molar-refractivity contribution in [2.75, 3.05) is 5.32 Å². The molecule has 16 heavy (non-hydrogen) atoms. The van der Waals surface area contributed by atoms with E-state index in [1.165, 1.54) is 0 Å². The normalized spacial score (nSPS) is 12.6. The van der Waals surface area contributed by atoms with Gasteiger partial charge in [0.1, 0.15) is 0 Å². The molecule has 5 heteroatoms. The van der Waals surface area contributed by atoms with Gasteiger partial charge in [0.2, 0.25) is 5.91 Å². The number of carbonyl (C=O) groups excluding carboxylic acids is 1. The molecule has 88 valence electrons. The molecule has 1 aromatic carbocycles. The third kappa shape index (κ3) is 3.67. The fourth-order valence-electron chi connectivity index (χ4n) is 1.15. The summed E-state index contributed by atoms with van der Waals surface area (Å²) in [6.45, 7) is 3.77. The molecule has 1 rings (SSSR count). The molecule has 0 radical (unpaired) electrons. The standard InChI is InChI=1S/C11H14Cl2N2O/c1-6(2)10(14)11(16)15-9-4-7(12)3-8(13)5-9/h3-6,10H,14H2,1-2H3,(H,15,16)/t10-/m0/s1. The van der Waals surface area contributed by atoms with Gasteiger partial charge in [0, 0.05) is 15.7 Å². The molecule has 0 aromatic heterocycles. The quantitative estimate of drug-likeness (QED) is 0.878. The van der Waals surface area contributed by atoms with Crippen LogP contribution in [0, 0.1) is 5.92 Å². The Bertz CT molecular complexity index is 373. The van der Waals surface area contributed by atoms with E-state index in [-0.39, 0.29) is 11.8 Å². The largest absolute Gasteiger partial charge is 0.325 e. The van der Waals surface area contributed by atoms with Gasteiger partial charge in [-0.25, -0.2) is 0 Å². The summed E-state index contributed by atoms with van der Waals surface area (Å²) in [5, 5.41) is 3.62. The molecule has 3 N–H and O–H groups in total. The highest BCUT2D eigenvalue weighted by atomic mass is 35.5. The molecule has 0 heterocycles. The summed E-state index contributed by atoms with van der Waals surface area (Å²) in [5.74, 6) is -0.164. The molecule has 0 bridgehead atoms. The lowest BCUT2D eigenvalue weighted by atomic mass is 10.1. The Labute approximate surface area is 105 Å². The maximum Gasteiger partial charge on any atom is 0.241 e. The van der Waals surface area contributed by atoms with Crippen molar-refractivity contribution in [2.24, 2.45) is 11.7 Å². The van der Waals surface area contributed by atoms with Crippen molar-refractivity contribution in [1.29, 1.82) is 0 Å². The van der Waals surface area contributed by atoms with Crippen LogP contribution in [0.4, 0.5) is 5.69 Å². The van der Waals surface area contributed by atoms with Gasteiger partial charge in [-0.15, -0.1) is 0 Å². The first-order valence-corrected chi connectivity index (χ1v) is 5.68. The highest BCUT2D eigenvalue weighted by Gasteiger charge is 2.17. The van der Waals surface area contributed by atoms with Crippen molar-refractivity contribution in [2.45, 2.75) is 19.9 Å². The van der Waals surface area contributed by atoms with Crippen LogP contribution in [0.15, 0.2) is 18.2 Å². The Morgan fingerprint density at radius 2 is 1.75 bits per heavy atom. The first-order chi connectivity index (χ1) is 7.40. The molecular formula is C11H14Cl2N2O. The monoisotopic (exact) mass is 260 g/mol. The van der Waals surface area contributed by atoms with E-state index in [4.69, 9.17) is 28.9 Å². The molecule has 0 aliphatic heterocycles. The number of nitrogens with two attached hydrogens (primary N) is 1. The lowest BCUT2D eigenvalue weighted by Crippen LogP contribution is -2.39. The van der Waals surface area contributed by atoms with Crippen LogP contribution in [-0.4, -0.2) is 11.9 Å². The first kappa shape index (κ1) is 13.3. The van der Waals surface area contributed by atoms with E-state index < -0.39 is 6.04 Å². The highest BCUT2D eigenvalue weighted by Crippen LogP contribution is 2.22. The number of halogens is 2. The summed E-state index contributed by atoms with van der Waals surface area (Å²) in [6.07, 6.45) is 0. The molecule has 1 atom stereocenters. The van der Waals surface area contributed by atoms with Gasteiger partial charge in [-0.3, -0.25) is 4.79 Å². The van der Waals surface area contributed by atoms with Crippen molar-refractivity contribution in [3.05, 3.63) is 28.2 Å². The summed E-state index contributed by atoms with van der Waals surface area (Å²) >= 11 is 11.6. The van der Waals surface area contributed by atoms with Crippen molar-refractivity contribution in [1.82, 2.24) is 0 Å². The van der Waals surface area contributed by atoms with E-state index in [9.17, 15) is 4.79 Å². The zero-order valence-corrected chi connectivity index (χ0v) is 10.6. The molecular weight excluding hydrogens is 247 g/mol. The van der Waals surface area contributed by atoms with Crippen molar-refractivity contribution in [3.8, 4) is 0 Å². The van der Waals surface area contributed by atoms with E-state index in [0.29, 0.717) is 15.7 Å². The predicted octanol–water partition coefficient (Wildman–Crippen LogP) is 2.92. The number of rotatable bonds is 3. The first-order valence-electron chi connectivity index (χ1n) is 4.92. The molecule has 0 aliphatic rings. The van der Waals surface area contributed by atoms with Crippen LogP contribution in [0.3, 0.4) is 0 Å². The fraction of sp³-hybridized carbons (Fsp3) is 0.364. The van der Waals surface area contributed by atoms with E-state index in [2.05, 4.69) is 5.32 Å². The molecule has 1 amide bonds. The van der Waals surface area contributed by atoms with Gasteiger partial charge in [-0.1, -0.05) is 37.0 Å². The van der Waals surface area contributed by atoms with E-state index >= 15 is 0 Å². The van der Waals surface area contributed by atoms with Gasteiger partial charge in [0.05, 0.1) is 6.04 Å². The maximum absolute atomic E-state index is 11.7. The second-order valence-electron chi connectivity index (χ2n) is 3.92. The zero-order valence-electron chi connectivity index (χ0n) is 9.13. The van der Waals surface area contributed by atoms with Crippen LogP contribution in [-0.2, 0) is 4.79 Å². The van der Waals surface area contributed by atoms with Crippen LogP contribution in [0.2, 0.25) is 10.0 Å². The number of benzene rings is 1. The van der Waals surface area contributed by atoms with Crippen LogP contribution >= 0.6 is 23.2 Å². The zero-order chi connectivity index (χ0) is 12.3. The number of amides is 1. The molecule has 3 nitrogen and oxygen atoms in total. The lowest BCUT2D eigenvalue weighted by Gasteiger charge is -2.15. The van der Waals surface area contributed by atoms with Gasteiger partial charge < -0.3 is 11.1 Å². The molecule has 0 aliphatic carbocycles. The maximum atomic E-state index is 11.7. The van der Waals surface area contributed by atoms with Gasteiger partial charge in [0.15, 0.2) is 0 Å². The minimum atomic E-state index is -0.544. The molecule has 0 fully saturated rings. The molecule has 0 spiro atoms. The highest BCUT2D eigenvalue weighted by molar-refractivity contribution is 6.35. The number of hydrogen-bond donors (Lipinski definition) is 2. The lowest BCUT2D eigenvalue weighted by molar-refractivity contribution is -0.118. The van der Waals surface area contributed by atoms with E-state index in [1.807, 2.05) is 13.8 Å². The number of hydrogen-bond acceptors (Lipinski definition) is 2. The summed E-state index contributed by atoms with van der Waals surface area (Å²) < 4.78 is 0. The SMILES string of the molecule is CC(C)[C@H](N)C(=O)Nc1cc(Cl)cc(Cl)c1. The van der Waals surface area contributed by atoms with Crippen molar-refractivity contribution >= 4 is 34.8 Å². The van der Waals surface area contributed by atoms with Gasteiger partial charge in [-0.05, 0) is 24.1 Å². The van der Waals surface area contributed by atoms with E-state index in [1.54, 1.807) is 18.2 Å². The summed E-state index contributed by atoms with van der Waals surface area (Å²) in [4.78, 5) is 11.7. The smallest absolute Gasteiger partial charge is 0.241 e. The second kappa shape index (κ2) is 5.53. The van der Waals surface area contributed by atoms with Crippen LogP contribution in [0.1, 0.15) is 13.8 Å². The van der Waals surface area contributed by atoms with Crippen molar-refractivity contribution in [3.63, 3.8) is 0 Å². The number of anilines is 1. The Balaban J connectivity index is 2.77. The number of nitrogens with one attached hydrogen (secondary N) is 1. The van der Waals surface area contributed by atoms with Gasteiger partial charge in [0.25, 0.3) is 0 Å². The second-order valence-corrected chi connectivity index (χ2v) is 4.79. The topological polar surface area (TPSA) is 55.1 Å². The number of carbonyl (C=O) groups is 1. The molecule has 0 unspecified atom stereocenters. The molecule has 0 saturated heterocycles. The summed E-state index contributed by atoms with van der Waals surface area (Å²) in [6, 6.07) is 4.30. The molecule has 0 saturated carbocycles. The van der Waals surface area contributed by atoms with Crippen LogP contribution < -0.4 is 11.1 Å². The average Bonchev–Trinajstić information content (AvgIpc) is 2.14.